The van der Waals surface area contributed by atoms with Crippen molar-refractivity contribution in [3.63, 3.8) is 0 Å². The summed E-state index contributed by atoms with van der Waals surface area (Å²) in [5.41, 5.74) is 6.75. The predicted octanol–water partition coefficient (Wildman–Crippen LogP) is 3.61. The first-order chi connectivity index (χ1) is 13.7. The van der Waals surface area contributed by atoms with E-state index in [-0.39, 0.29) is 18.0 Å². The minimum absolute atomic E-state index is 0.0564. The van der Waals surface area contributed by atoms with E-state index in [2.05, 4.69) is 22.4 Å². The molecular formula is C23H17N3O2. The number of carbonyl (C=O) groups excluding carboxylic acids is 1. The molecule has 3 aromatic carbocycles. The Bertz CT molecular complexity index is 1290. The topological polar surface area (TPSA) is 64.0 Å². The van der Waals surface area contributed by atoms with Gasteiger partial charge in [-0.1, -0.05) is 42.5 Å². The zero-order chi connectivity index (χ0) is 19.1. The van der Waals surface area contributed by atoms with Crippen LogP contribution < -0.4 is 10.9 Å². The first-order valence-corrected chi connectivity index (χ1v) is 9.15. The minimum atomic E-state index is -0.293. The predicted molar refractivity (Wildman–Crippen MR) is 109 cm³/mol. The molecule has 0 spiro atoms. The highest BCUT2D eigenvalue weighted by atomic mass is 16.2. The molecule has 0 unspecified atom stereocenters. The molecule has 0 aliphatic heterocycles. The fraction of sp³-hybridized carbons (Fsp3) is 0.0870. The Balaban J connectivity index is 1.40. The monoisotopic (exact) mass is 367 g/mol. The molecule has 5 nitrogen and oxygen atoms in total. The Morgan fingerprint density at radius 1 is 0.964 bits per heavy atom. The Kier molecular flexibility index (Phi) is 3.79. The second kappa shape index (κ2) is 6.46. The van der Waals surface area contributed by atoms with Crippen molar-refractivity contribution in [2.45, 2.75) is 13.0 Å². The molecule has 1 N–H and O–H groups in total. The zero-order valence-corrected chi connectivity index (χ0v) is 15.1. The van der Waals surface area contributed by atoms with Gasteiger partial charge in [0.2, 0.25) is 5.91 Å². The number of benzene rings is 3. The van der Waals surface area contributed by atoms with Crippen molar-refractivity contribution in [1.29, 1.82) is 0 Å². The number of hydrogen-bond donors (Lipinski definition) is 1. The Labute approximate surface area is 161 Å². The van der Waals surface area contributed by atoms with Crippen LogP contribution in [0.15, 0.2) is 77.7 Å². The third-order valence-electron chi connectivity index (χ3n) is 5.13. The second-order valence-electron chi connectivity index (χ2n) is 6.93. The maximum absolute atomic E-state index is 12.6. The van der Waals surface area contributed by atoms with E-state index >= 15 is 0 Å². The molecule has 4 aromatic rings. The maximum atomic E-state index is 12.6. The van der Waals surface area contributed by atoms with Crippen LogP contribution in [0, 0.1) is 0 Å². The van der Waals surface area contributed by atoms with Gasteiger partial charge in [0.15, 0.2) is 0 Å². The highest BCUT2D eigenvalue weighted by molar-refractivity contribution is 5.92. The van der Waals surface area contributed by atoms with Gasteiger partial charge in [-0.2, -0.15) is 0 Å². The molecule has 136 valence electrons. The van der Waals surface area contributed by atoms with E-state index in [0.717, 1.165) is 12.1 Å². The van der Waals surface area contributed by atoms with Gasteiger partial charge < -0.3 is 5.32 Å². The number of amides is 1. The third kappa shape index (κ3) is 2.77. The number of nitrogens with one attached hydrogen (secondary N) is 1. The molecule has 0 radical (unpaired) electrons. The van der Waals surface area contributed by atoms with Crippen LogP contribution in [-0.2, 0) is 17.8 Å². The van der Waals surface area contributed by atoms with Gasteiger partial charge in [0.25, 0.3) is 5.56 Å². The number of rotatable bonds is 3. The highest BCUT2D eigenvalue weighted by Crippen LogP contribution is 2.37. The number of fused-ring (bicyclic) bond motifs is 4. The zero-order valence-electron chi connectivity index (χ0n) is 15.1. The quantitative estimate of drug-likeness (QED) is 0.530. The molecule has 28 heavy (non-hydrogen) atoms. The largest absolute Gasteiger partial charge is 0.325 e. The summed E-state index contributed by atoms with van der Waals surface area (Å²) >= 11 is 0. The summed E-state index contributed by atoms with van der Waals surface area (Å²) in [7, 11) is 0. The molecule has 1 amide bonds. The molecule has 0 fully saturated rings. The standard InChI is InChI=1S/C23H17N3O2/c27-22(14-26-21-8-4-3-7-20(21)24-13-23(26)28)25-17-9-10-19-16(12-17)11-15-5-1-2-6-18(15)19/h1-10,12-13H,11,14H2,(H,25,27). The van der Waals surface area contributed by atoms with Crippen molar-refractivity contribution in [3.8, 4) is 11.1 Å². The molecule has 0 atom stereocenters. The summed E-state index contributed by atoms with van der Waals surface area (Å²) in [5, 5.41) is 2.92. The van der Waals surface area contributed by atoms with Gasteiger partial charge in [0.05, 0.1) is 17.2 Å². The van der Waals surface area contributed by atoms with E-state index < -0.39 is 0 Å². The van der Waals surface area contributed by atoms with Gasteiger partial charge in [0.1, 0.15) is 6.54 Å². The second-order valence-corrected chi connectivity index (χ2v) is 6.93. The van der Waals surface area contributed by atoms with E-state index in [1.54, 1.807) is 6.07 Å². The number of aromatic nitrogens is 2. The van der Waals surface area contributed by atoms with E-state index in [0.29, 0.717) is 11.0 Å². The summed E-state index contributed by atoms with van der Waals surface area (Å²) in [5.74, 6) is -0.242. The molecule has 5 heteroatoms. The van der Waals surface area contributed by atoms with Crippen molar-refractivity contribution >= 4 is 22.6 Å². The van der Waals surface area contributed by atoms with Gasteiger partial charge in [-0.3, -0.25) is 14.2 Å². The van der Waals surface area contributed by atoms with Crippen LogP contribution in [0.25, 0.3) is 22.2 Å². The lowest BCUT2D eigenvalue weighted by molar-refractivity contribution is -0.116. The maximum Gasteiger partial charge on any atom is 0.269 e. The summed E-state index contributed by atoms with van der Waals surface area (Å²) in [6.07, 6.45) is 2.12. The number of para-hydroxylation sites is 2. The summed E-state index contributed by atoms with van der Waals surface area (Å²) in [6, 6.07) is 21.6. The average molecular weight is 367 g/mol. The van der Waals surface area contributed by atoms with Crippen LogP contribution in [0.5, 0.6) is 0 Å². The van der Waals surface area contributed by atoms with Crippen LogP contribution in [0.3, 0.4) is 0 Å². The first-order valence-electron chi connectivity index (χ1n) is 9.15. The van der Waals surface area contributed by atoms with Gasteiger partial charge in [-0.25, -0.2) is 4.98 Å². The summed E-state index contributed by atoms with van der Waals surface area (Å²) in [4.78, 5) is 29.0. The van der Waals surface area contributed by atoms with Crippen molar-refractivity contribution in [2.24, 2.45) is 0 Å². The Morgan fingerprint density at radius 2 is 1.75 bits per heavy atom. The van der Waals surface area contributed by atoms with Crippen molar-refractivity contribution in [2.75, 3.05) is 5.32 Å². The van der Waals surface area contributed by atoms with Crippen molar-refractivity contribution in [1.82, 2.24) is 9.55 Å². The fourth-order valence-corrected chi connectivity index (χ4v) is 3.84. The summed E-state index contributed by atoms with van der Waals surface area (Å²) < 4.78 is 1.45. The van der Waals surface area contributed by atoms with Gasteiger partial charge in [-0.15, -0.1) is 0 Å². The normalized spacial score (nSPS) is 11.9. The Hall–Kier alpha value is -3.73. The molecule has 0 saturated carbocycles. The van der Waals surface area contributed by atoms with Crippen molar-refractivity contribution < 1.29 is 4.79 Å². The SMILES string of the molecule is O=C(Cn1c(=O)cnc2ccccc21)Nc1ccc2c(c1)Cc1ccccc1-2. The number of hydrogen-bond acceptors (Lipinski definition) is 3. The molecule has 0 saturated heterocycles. The van der Waals surface area contributed by atoms with Crippen LogP contribution in [0.1, 0.15) is 11.1 Å². The average Bonchev–Trinajstić information content (AvgIpc) is 3.08. The highest BCUT2D eigenvalue weighted by Gasteiger charge is 2.18. The smallest absolute Gasteiger partial charge is 0.269 e. The Morgan fingerprint density at radius 3 is 2.68 bits per heavy atom. The van der Waals surface area contributed by atoms with Crippen molar-refractivity contribution in [3.05, 3.63) is 94.4 Å². The van der Waals surface area contributed by atoms with Crippen LogP contribution in [0.4, 0.5) is 5.69 Å². The van der Waals surface area contributed by atoms with E-state index in [1.165, 1.54) is 33.0 Å². The van der Waals surface area contributed by atoms with Gasteiger partial charge in [0, 0.05) is 5.69 Å². The first kappa shape index (κ1) is 16.4. The van der Waals surface area contributed by atoms with Crippen LogP contribution in [0.2, 0.25) is 0 Å². The molecular weight excluding hydrogens is 350 g/mol. The fourth-order valence-electron chi connectivity index (χ4n) is 3.84. The lowest BCUT2D eigenvalue weighted by atomic mass is 10.1. The molecule has 1 aromatic heterocycles. The third-order valence-corrected chi connectivity index (χ3v) is 5.13. The van der Waals surface area contributed by atoms with Gasteiger partial charge >= 0.3 is 0 Å². The van der Waals surface area contributed by atoms with Crippen LogP contribution in [-0.4, -0.2) is 15.5 Å². The number of anilines is 1. The molecule has 0 bridgehead atoms. The van der Waals surface area contributed by atoms with E-state index in [1.807, 2.05) is 48.5 Å². The summed E-state index contributed by atoms with van der Waals surface area (Å²) in [6.45, 7) is -0.0564. The minimum Gasteiger partial charge on any atom is -0.325 e. The number of carbonyl (C=O) groups is 1. The number of nitrogens with zero attached hydrogens (tertiary/aromatic N) is 2. The molecule has 1 aliphatic rings. The van der Waals surface area contributed by atoms with Crippen LogP contribution >= 0.6 is 0 Å². The van der Waals surface area contributed by atoms with Gasteiger partial charge in [-0.05, 0) is 52.9 Å². The molecule has 1 aliphatic carbocycles. The molecule has 5 rings (SSSR count). The lowest BCUT2D eigenvalue weighted by Crippen LogP contribution is -2.28. The van der Waals surface area contributed by atoms with E-state index in [9.17, 15) is 9.59 Å². The lowest BCUT2D eigenvalue weighted by Gasteiger charge is -2.11. The molecule has 1 heterocycles. The van der Waals surface area contributed by atoms with E-state index in [4.69, 9.17) is 0 Å².